The van der Waals surface area contributed by atoms with Gasteiger partial charge in [0, 0.05) is 16.6 Å². The van der Waals surface area contributed by atoms with E-state index in [1.165, 1.54) is 11.3 Å². The number of rotatable bonds is 4. The quantitative estimate of drug-likeness (QED) is 0.730. The minimum absolute atomic E-state index is 0.359. The summed E-state index contributed by atoms with van der Waals surface area (Å²) in [5.74, 6) is 0.180. The summed E-state index contributed by atoms with van der Waals surface area (Å²) in [6.07, 6.45) is 1.57. The van der Waals surface area contributed by atoms with Gasteiger partial charge in [-0.2, -0.15) is 5.48 Å². The fourth-order valence-electron chi connectivity index (χ4n) is 1.84. The maximum absolute atomic E-state index is 11.7. The summed E-state index contributed by atoms with van der Waals surface area (Å²) in [4.78, 5) is 20.9. The molecule has 0 aliphatic carbocycles. The van der Waals surface area contributed by atoms with Gasteiger partial charge in [-0.05, 0) is 35.4 Å². The molecule has 4 nitrogen and oxygen atoms in total. The van der Waals surface area contributed by atoms with E-state index in [-0.39, 0.29) is 5.91 Å². The summed E-state index contributed by atoms with van der Waals surface area (Å²) in [6.45, 7) is 0. The molecular formula is C16H11ClN2O2S. The van der Waals surface area contributed by atoms with Crippen molar-refractivity contribution < 1.29 is 9.63 Å². The number of nitrogens with zero attached hydrogens (tertiary/aromatic N) is 1. The molecule has 0 fully saturated rings. The molecule has 1 N–H and O–H groups in total. The van der Waals surface area contributed by atoms with Crippen LogP contribution in [0.2, 0.25) is 5.02 Å². The molecular weight excluding hydrogens is 320 g/mol. The third-order valence-electron chi connectivity index (χ3n) is 2.92. The fourth-order valence-corrected chi connectivity index (χ4v) is 2.49. The topological polar surface area (TPSA) is 51.2 Å². The molecule has 1 heterocycles. The molecule has 3 rings (SSSR count). The average molecular weight is 331 g/mol. The van der Waals surface area contributed by atoms with E-state index in [0.717, 1.165) is 11.1 Å². The molecule has 0 aliphatic heterocycles. The highest BCUT2D eigenvalue weighted by molar-refractivity contribution is 7.11. The number of hydroxylamine groups is 1. The normalized spacial score (nSPS) is 10.2. The van der Waals surface area contributed by atoms with Gasteiger partial charge in [0.2, 0.25) is 0 Å². The van der Waals surface area contributed by atoms with Crippen LogP contribution in [0.1, 0.15) is 9.80 Å². The number of carbonyl (C=O) groups excluding carboxylic acids is 1. The molecule has 110 valence electrons. The van der Waals surface area contributed by atoms with Gasteiger partial charge in [-0.3, -0.25) is 4.79 Å². The van der Waals surface area contributed by atoms with Gasteiger partial charge in [0.15, 0.2) is 10.8 Å². The van der Waals surface area contributed by atoms with Gasteiger partial charge < -0.3 is 4.84 Å². The van der Waals surface area contributed by atoms with Crippen LogP contribution in [0.5, 0.6) is 5.75 Å². The van der Waals surface area contributed by atoms with Crippen LogP contribution in [0, 0.1) is 0 Å². The number of benzene rings is 2. The predicted octanol–water partition coefficient (Wildman–Crippen LogP) is 4.19. The highest BCUT2D eigenvalue weighted by atomic mass is 35.5. The number of amides is 1. The highest BCUT2D eigenvalue weighted by Gasteiger charge is 2.08. The van der Waals surface area contributed by atoms with Crippen LogP contribution >= 0.6 is 22.9 Å². The summed E-state index contributed by atoms with van der Waals surface area (Å²) in [6, 6.07) is 15.0. The Morgan fingerprint density at radius 2 is 1.68 bits per heavy atom. The van der Waals surface area contributed by atoms with Gasteiger partial charge in [0.1, 0.15) is 0 Å². The van der Waals surface area contributed by atoms with Gasteiger partial charge in [-0.1, -0.05) is 35.9 Å². The Kier molecular flexibility index (Phi) is 4.37. The van der Waals surface area contributed by atoms with Crippen molar-refractivity contribution in [2.24, 2.45) is 0 Å². The molecule has 0 saturated heterocycles. The standard InChI is InChI=1S/C16H11ClN2O2S/c17-13-5-1-11(2-6-13)12-3-7-14(8-4-12)21-19-15(20)16-18-9-10-22-16/h1-10H,(H,19,20). The molecule has 0 unspecified atom stereocenters. The number of thiazole rings is 1. The maximum atomic E-state index is 11.7. The molecule has 0 saturated carbocycles. The monoisotopic (exact) mass is 330 g/mol. The number of halogens is 1. The molecule has 0 aliphatic rings. The lowest BCUT2D eigenvalue weighted by atomic mass is 10.1. The van der Waals surface area contributed by atoms with E-state index in [2.05, 4.69) is 10.5 Å². The Bertz CT molecular complexity index is 756. The Morgan fingerprint density at radius 3 is 2.27 bits per heavy atom. The molecule has 0 bridgehead atoms. The molecule has 6 heteroatoms. The zero-order chi connectivity index (χ0) is 15.4. The zero-order valence-corrected chi connectivity index (χ0v) is 12.9. The number of carbonyl (C=O) groups is 1. The molecule has 3 aromatic rings. The molecule has 0 atom stereocenters. The van der Waals surface area contributed by atoms with Crippen LogP contribution < -0.4 is 10.3 Å². The average Bonchev–Trinajstić information content (AvgIpc) is 3.08. The molecule has 1 aromatic heterocycles. The second-order valence-corrected chi connectivity index (χ2v) is 5.73. The van der Waals surface area contributed by atoms with Crippen molar-refractivity contribution in [1.82, 2.24) is 10.5 Å². The molecule has 22 heavy (non-hydrogen) atoms. The maximum Gasteiger partial charge on any atom is 0.312 e. The summed E-state index contributed by atoms with van der Waals surface area (Å²) in [7, 11) is 0. The summed E-state index contributed by atoms with van der Waals surface area (Å²) >= 11 is 7.13. The van der Waals surface area contributed by atoms with Crippen LogP contribution in [-0.4, -0.2) is 10.9 Å². The Hall–Kier alpha value is -2.37. The van der Waals surface area contributed by atoms with Crippen molar-refractivity contribution in [2.45, 2.75) is 0 Å². The second kappa shape index (κ2) is 6.60. The van der Waals surface area contributed by atoms with Crippen molar-refractivity contribution >= 4 is 28.8 Å². The van der Waals surface area contributed by atoms with Gasteiger partial charge in [-0.15, -0.1) is 11.3 Å². The van der Waals surface area contributed by atoms with Crippen LogP contribution in [0.25, 0.3) is 11.1 Å². The minimum atomic E-state index is -0.364. The lowest BCUT2D eigenvalue weighted by Gasteiger charge is -2.07. The fraction of sp³-hybridized carbons (Fsp3) is 0. The smallest absolute Gasteiger partial charge is 0.312 e. The predicted molar refractivity (Wildman–Crippen MR) is 87.1 cm³/mol. The van der Waals surface area contributed by atoms with Crippen molar-refractivity contribution in [3.63, 3.8) is 0 Å². The minimum Gasteiger partial charge on any atom is -0.379 e. The van der Waals surface area contributed by atoms with Gasteiger partial charge in [0.25, 0.3) is 0 Å². The number of hydrogen-bond acceptors (Lipinski definition) is 4. The Labute approximate surface area is 136 Å². The van der Waals surface area contributed by atoms with Crippen LogP contribution in [0.4, 0.5) is 0 Å². The largest absolute Gasteiger partial charge is 0.379 e. The lowest BCUT2D eigenvalue weighted by Crippen LogP contribution is -2.26. The Morgan fingerprint density at radius 1 is 1.05 bits per heavy atom. The SMILES string of the molecule is O=C(NOc1ccc(-c2ccc(Cl)cc2)cc1)c1nccs1. The summed E-state index contributed by atoms with van der Waals surface area (Å²) in [5, 5.41) is 2.79. The molecule has 2 aromatic carbocycles. The Balaban J connectivity index is 1.64. The molecule has 0 radical (unpaired) electrons. The first kappa shape index (κ1) is 14.6. The van der Waals surface area contributed by atoms with Crippen LogP contribution in [0.3, 0.4) is 0 Å². The summed E-state index contributed by atoms with van der Waals surface area (Å²) in [5.41, 5.74) is 4.45. The van der Waals surface area contributed by atoms with E-state index in [1.54, 1.807) is 23.7 Å². The number of aromatic nitrogens is 1. The lowest BCUT2D eigenvalue weighted by molar-refractivity contribution is 0.0759. The highest BCUT2D eigenvalue weighted by Crippen LogP contribution is 2.23. The van der Waals surface area contributed by atoms with Gasteiger partial charge in [0.05, 0.1) is 0 Å². The van der Waals surface area contributed by atoms with E-state index in [1.807, 2.05) is 36.4 Å². The van der Waals surface area contributed by atoms with Crippen molar-refractivity contribution in [3.8, 4) is 16.9 Å². The molecule has 0 spiro atoms. The summed E-state index contributed by atoms with van der Waals surface area (Å²) < 4.78 is 0. The number of hydrogen-bond donors (Lipinski definition) is 1. The van der Waals surface area contributed by atoms with Crippen molar-refractivity contribution in [1.29, 1.82) is 0 Å². The first-order chi connectivity index (χ1) is 10.7. The number of nitrogens with one attached hydrogen (secondary N) is 1. The van der Waals surface area contributed by atoms with E-state index < -0.39 is 0 Å². The van der Waals surface area contributed by atoms with E-state index in [0.29, 0.717) is 15.8 Å². The van der Waals surface area contributed by atoms with E-state index in [9.17, 15) is 4.79 Å². The first-order valence-corrected chi connectivity index (χ1v) is 7.71. The van der Waals surface area contributed by atoms with Gasteiger partial charge >= 0.3 is 5.91 Å². The first-order valence-electron chi connectivity index (χ1n) is 6.45. The third kappa shape index (κ3) is 3.44. The molecule has 1 amide bonds. The van der Waals surface area contributed by atoms with Crippen molar-refractivity contribution in [3.05, 3.63) is 70.1 Å². The zero-order valence-electron chi connectivity index (χ0n) is 11.3. The third-order valence-corrected chi connectivity index (χ3v) is 3.94. The van der Waals surface area contributed by atoms with Crippen LogP contribution in [0.15, 0.2) is 60.1 Å². The van der Waals surface area contributed by atoms with Crippen LogP contribution in [-0.2, 0) is 0 Å². The van der Waals surface area contributed by atoms with E-state index in [4.69, 9.17) is 16.4 Å². The van der Waals surface area contributed by atoms with Gasteiger partial charge in [-0.25, -0.2) is 4.98 Å². The second-order valence-electron chi connectivity index (χ2n) is 4.40. The van der Waals surface area contributed by atoms with E-state index >= 15 is 0 Å². The van der Waals surface area contributed by atoms with Crippen molar-refractivity contribution in [2.75, 3.05) is 0 Å².